The lowest BCUT2D eigenvalue weighted by Crippen LogP contribution is -2.34. The highest BCUT2D eigenvalue weighted by Crippen LogP contribution is 2.39. The molecular formula is C19H21N3O4. The minimum absolute atomic E-state index is 0.0150. The second-order valence-corrected chi connectivity index (χ2v) is 6.77. The van der Waals surface area contributed by atoms with Gasteiger partial charge in [0.15, 0.2) is 0 Å². The fraction of sp³-hybridized carbons (Fsp3) is 0.421. The second-order valence-electron chi connectivity index (χ2n) is 6.77. The third kappa shape index (κ3) is 2.73. The van der Waals surface area contributed by atoms with Crippen molar-refractivity contribution in [3.8, 4) is 11.6 Å². The van der Waals surface area contributed by atoms with E-state index in [1.54, 1.807) is 12.3 Å². The molecule has 26 heavy (non-hydrogen) atoms. The molecule has 2 atom stereocenters. The molecule has 1 saturated heterocycles. The number of fused-ring (bicyclic) bond motifs is 3. The second kappa shape index (κ2) is 6.48. The first-order valence-electron chi connectivity index (χ1n) is 8.87. The molecule has 2 aromatic rings. The number of nitrogens with zero attached hydrogens (tertiary/aromatic N) is 1. The molecule has 1 aromatic carbocycles. The van der Waals surface area contributed by atoms with E-state index in [4.69, 9.17) is 15.2 Å². The number of benzene rings is 1. The molecule has 0 saturated carbocycles. The van der Waals surface area contributed by atoms with Crippen molar-refractivity contribution in [3.05, 3.63) is 29.5 Å². The Balaban J connectivity index is 1.69. The smallest absolute Gasteiger partial charge is 0.252 e. The number of carbonyl (C=O) groups is 2. The van der Waals surface area contributed by atoms with Crippen molar-refractivity contribution in [3.63, 3.8) is 0 Å². The van der Waals surface area contributed by atoms with Gasteiger partial charge in [0.05, 0.1) is 23.6 Å². The number of hydrogen-bond donors (Lipinski definition) is 2. The van der Waals surface area contributed by atoms with Crippen LogP contribution in [-0.2, 0) is 11.2 Å². The molecule has 0 spiro atoms. The number of nitrogens with two attached hydrogens (primary N) is 1. The Morgan fingerprint density at radius 1 is 1.50 bits per heavy atom. The topological polar surface area (TPSA) is 104 Å². The number of amides is 2. The Morgan fingerprint density at radius 2 is 2.35 bits per heavy atom. The van der Waals surface area contributed by atoms with Crippen molar-refractivity contribution < 1.29 is 19.1 Å². The van der Waals surface area contributed by atoms with Crippen molar-refractivity contribution >= 4 is 22.6 Å². The summed E-state index contributed by atoms with van der Waals surface area (Å²) in [5.74, 6) is 0.855. The van der Waals surface area contributed by atoms with Crippen LogP contribution in [0.15, 0.2) is 18.3 Å². The minimum Gasteiger partial charge on any atom is -0.492 e. The number of rotatable bonds is 5. The van der Waals surface area contributed by atoms with Crippen LogP contribution in [0.25, 0.3) is 10.8 Å². The van der Waals surface area contributed by atoms with Crippen LogP contribution in [0.4, 0.5) is 0 Å². The lowest BCUT2D eigenvalue weighted by Gasteiger charge is -2.19. The van der Waals surface area contributed by atoms with Crippen molar-refractivity contribution in [1.29, 1.82) is 0 Å². The summed E-state index contributed by atoms with van der Waals surface area (Å²) in [6.07, 6.45) is 3.78. The summed E-state index contributed by atoms with van der Waals surface area (Å²) in [6.45, 7) is 2.94. The summed E-state index contributed by atoms with van der Waals surface area (Å²) in [7, 11) is 0. The fourth-order valence-electron chi connectivity index (χ4n) is 3.87. The maximum atomic E-state index is 11.7. The Labute approximate surface area is 150 Å². The van der Waals surface area contributed by atoms with Gasteiger partial charge in [0.25, 0.3) is 5.91 Å². The van der Waals surface area contributed by atoms with Crippen LogP contribution in [0.5, 0.6) is 11.6 Å². The third-order valence-electron chi connectivity index (χ3n) is 5.22. The highest BCUT2D eigenvalue weighted by Gasteiger charge is 2.32. The standard InChI is InChI=1S/C19H21N3O4/c1-2-10-8-15(23)22-14(10)9-26-19-16-11(3-5-21-19)7-13(18(20)24)17-12(16)4-6-25-17/h3,5,7,10,14H,2,4,6,8-9H2,1H3,(H2,20,24)(H,22,23)/t10-,14-/m1/s1. The van der Waals surface area contributed by atoms with E-state index in [1.165, 1.54) is 0 Å². The average molecular weight is 355 g/mol. The molecule has 0 aliphatic carbocycles. The number of carbonyl (C=O) groups excluding carboxylic acids is 2. The highest BCUT2D eigenvalue weighted by atomic mass is 16.5. The largest absolute Gasteiger partial charge is 0.492 e. The van der Waals surface area contributed by atoms with E-state index >= 15 is 0 Å². The molecule has 136 valence electrons. The lowest BCUT2D eigenvalue weighted by atomic mass is 9.98. The fourth-order valence-corrected chi connectivity index (χ4v) is 3.87. The van der Waals surface area contributed by atoms with Gasteiger partial charge in [-0.15, -0.1) is 0 Å². The van der Waals surface area contributed by atoms with Crippen LogP contribution in [0.2, 0.25) is 0 Å². The van der Waals surface area contributed by atoms with Gasteiger partial charge in [-0.3, -0.25) is 9.59 Å². The van der Waals surface area contributed by atoms with Crippen molar-refractivity contribution in [2.45, 2.75) is 32.2 Å². The van der Waals surface area contributed by atoms with Crippen LogP contribution in [0.3, 0.4) is 0 Å². The van der Waals surface area contributed by atoms with Crippen LogP contribution < -0.4 is 20.5 Å². The van der Waals surface area contributed by atoms with E-state index in [-0.39, 0.29) is 17.9 Å². The Bertz CT molecular complexity index is 896. The van der Waals surface area contributed by atoms with Crippen molar-refractivity contribution in [1.82, 2.24) is 10.3 Å². The van der Waals surface area contributed by atoms with Crippen molar-refractivity contribution in [2.75, 3.05) is 13.2 Å². The number of nitrogens with one attached hydrogen (secondary N) is 1. The first kappa shape index (κ1) is 16.6. The maximum absolute atomic E-state index is 11.7. The molecule has 7 heteroatoms. The number of hydrogen-bond acceptors (Lipinski definition) is 5. The van der Waals surface area contributed by atoms with Gasteiger partial charge in [0.2, 0.25) is 11.8 Å². The van der Waals surface area contributed by atoms with E-state index in [9.17, 15) is 9.59 Å². The predicted molar refractivity (Wildman–Crippen MR) is 95.3 cm³/mol. The Hall–Kier alpha value is -2.83. The van der Waals surface area contributed by atoms with E-state index in [1.807, 2.05) is 6.07 Å². The third-order valence-corrected chi connectivity index (χ3v) is 5.22. The molecule has 2 aliphatic rings. The predicted octanol–water partition coefficient (Wildman–Crippen LogP) is 1.56. The zero-order chi connectivity index (χ0) is 18.3. The van der Waals surface area contributed by atoms with Gasteiger partial charge in [-0.2, -0.15) is 0 Å². The van der Waals surface area contributed by atoms with Crippen LogP contribution >= 0.6 is 0 Å². The summed E-state index contributed by atoms with van der Waals surface area (Å²) in [5, 5.41) is 4.66. The Morgan fingerprint density at radius 3 is 3.12 bits per heavy atom. The van der Waals surface area contributed by atoms with Gasteiger partial charge in [-0.1, -0.05) is 13.3 Å². The summed E-state index contributed by atoms with van der Waals surface area (Å²) in [4.78, 5) is 27.8. The maximum Gasteiger partial charge on any atom is 0.252 e. The quantitative estimate of drug-likeness (QED) is 0.847. The monoisotopic (exact) mass is 355 g/mol. The normalized spacial score (nSPS) is 21.3. The molecule has 7 nitrogen and oxygen atoms in total. The molecular weight excluding hydrogens is 334 g/mol. The number of pyridine rings is 1. The highest BCUT2D eigenvalue weighted by molar-refractivity contribution is 6.04. The van der Waals surface area contributed by atoms with Gasteiger partial charge >= 0.3 is 0 Å². The van der Waals surface area contributed by atoms with E-state index in [2.05, 4.69) is 17.2 Å². The first-order valence-corrected chi connectivity index (χ1v) is 8.87. The molecule has 1 fully saturated rings. The molecule has 0 radical (unpaired) electrons. The summed E-state index contributed by atoms with van der Waals surface area (Å²) < 4.78 is 11.7. The van der Waals surface area contributed by atoms with Gasteiger partial charge < -0.3 is 20.5 Å². The van der Waals surface area contributed by atoms with Gasteiger partial charge in [-0.25, -0.2) is 4.98 Å². The van der Waals surface area contributed by atoms with Crippen LogP contribution in [0, 0.1) is 5.92 Å². The first-order chi connectivity index (χ1) is 12.6. The summed E-state index contributed by atoms with van der Waals surface area (Å²) in [6, 6.07) is 3.54. The Kier molecular flexibility index (Phi) is 4.14. The molecule has 1 aromatic heterocycles. The molecule has 4 rings (SSSR count). The average Bonchev–Trinajstić information content (AvgIpc) is 3.25. The molecule has 2 aliphatic heterocycles. The molecule has 3 N–H and O–H groups in total. The van der Waals surface area contributed by atoms with Crippen LogP contribution in [0.1, 0.15) is 35.7 Å². The molecule has 2 amide bonds. The van der Waals surface area contributed by atoms with Gasteiger partial charge in [0, 0.05) is 24.6 Å². The number of aromatic nitrogens is 1. The number of ether oxygens (including phenoxy) is 2. The molecule has 3 heterocycles. The van der Waals surface area contributed by atoms with Crippen LogP contribution in [-0.4, -0.2) is 36.1 Å². The lowest BCUT2D eigenvalue weighted by molar-refractivity contribution is -0.119. The SMILES string of the molecule is CC[C@@H]1CC(=O)N[C@@H]1COc1nccc2cc(C(N)=O)c3c(c12)CCO3. The molecule has 0 unspecified atom stereocenters. The van der Waals surface area contributed by atoms with E-state index in [0.29, 0.717) is 43.2 Å². The number of primary amides is 1. The van der Waals surface area contributed by atoms with E-state index in [0.717, 1.165) is 22.8 Å². The minimum atomic E-state index is -0.510. The summed E-state index contributed by atoms with van der Waals surface area (Å²) in [5.41, 5.74) is 6.78. The summed E-state index contributed by atoms with van der Waals surface area (Å²) >= 11 is 0. The van der Waals surface area contributed by atoms with Gasteiger partial charge in [0.1, 0.15) is 12.4 Å². The van der Waals surface area contributed by atoms with Gasteiger partial charge in [-0.05, 0) is 23.4 Å². The molecule has 0 bridgehead atoms. The van der Waals surface area contributed by atoms with E-state index < -0.39 is 5.91 Å². The van der Waals surface area contributed by atoms with Crippen molar-refractivity contribution in [2.24, 2.45) is 11.7 Å². The zero-order valence-electron chi connectivity index (χ0n) is 14.6. The zero-order valence-corrected chi connectivity index (χ0v) is 14.6.